The van der Waals surface area contributed by atoms with E-state index in [1.165, 1.54) is 0 Å². The van der Waals surface area contributed by atoms with E-state index in [0.29, 0.717) is 5.56 Å². The van der Waals surface area contributed by atoms with Crippen LogP contribution in [0.3, 0.4) is 0 Å². The first-order valence-corrected chi connectivity index (χ1v) is 4.00. The van der Waals surface area contributed by atoms with Crippen LogP contribution in [0.15, 0.2) is 18.2 Å². The van der Waals surface area contributed by atoms with Crippen molar-refractivity contribution in [3.8, 4) is 0 Å². The van der Waals surface area contributed by atoms with E-state index in [9.17, 15) is 13.2 Å². The number of hydrogen-bond donors (Lipinski definition) is 2. The van der Waals surface area contributed by atoms with Gasteiger partial charge in [0, 0.05) is 0 Å². The van der Waals surface area contributed by atoms with Gasteiger partial charge in [0.15, 0.2) is 0 Å². The maximum Gasteiger partial charge on any atom is 0.416 e. The van der Waals surface area contributed by atoms with Gasteiger partial charge < -0.3 is 11.5 Å². The quantitative estimate of drug-likeness (QED) is 0.687. The molecule has 0 radical (unpaired) electrons. The highest BCUT2D eigenvalue weighted by molar-refractivity contribution is 5.32. The molecule has 0 aliphatic carbocycles. The van der Waals surface area contributed by atoms with Crippen LogP contribution in [0.4, 0.5) is 13.2 Å². The van der Waals surface area contributed by atoms with Crippen molar-refractivity contribution in [2.75, 3.05) is 0 Å². The van der Waals surface area contributed by atoms with Gasteiger partial charge in [0.2, 0.25) is 0 Å². The number of rotatable bonds is 1. The molecule has 0 aromatic heterocycles. The minimum Gasteiger partial charge on any atom is -0.312 e. The van der Waals surface area contributed by atoms with E-state index in [-0.39, 0.29) is 5.56 Å². The molecule has 0 bridgehead atoms. The van der Waals surface area contributed by atoms with Crippen molar-refractivity contribution in [1.29, 1.82) is 0 Å². The molecule has 0 spiro atoms. The predicted octanol–water partition coefficient (Wildman–Crippen LogP) is 1.93. The summed E-state index contributed by atoms with van der Waals surface area (Å²) in [4.78, 5) is 0. The molecule has 14 heavy (non-hydrogen) atoms. The van der Waals surface area contributed by atoms with E-state index in [2.05, 4.69) is 0 Å². The van der Waals surface area contributed by atoms with E-state index in [1.807, 2.05) is 0 Å². The third-order valence-electron chi connectivity index (χ3n) is 1.81. The van der Waals surface area contributed by atoms with Gasteiger partial charge in [0.25, 0.3) is 0 Å². The van der Waals surface area contributed by atoms with Crippen molar-refractivity contribution in [2.45, 2.75) is 19.3 Å². The second-order valence-electron chi connectivity index (χ2n) is 3.16. The third kappa shape index (κ3) is 2.46. The summed E-state index contributed by atoms with van der Waals surface area (Å²) in [6.45, 7) is 1.57. The van der Waals surface area contributed by atoms with Crippen LogP contribution < -0.4 is 11.5 Å². The number of benzene rings is 1. The minimum atomic E-state index is -4.35. The minimum absolute atomic E-state index is 0.289. The molecule has 5 heteroatoms. The Bertz CT molecular complexity index is 331. The average molecular weight is 204 g/mol. The van der Waals surface area contributed by atoms with Gasteiger partial charge in [-0.2, -0.15) is 13.2 Å². The lowest BCUT2D eigenvalue weighted by Gasteiger charge is -2.12. The van der Waals surface area contributed by atoms with Gasteiger partial charge in [-0.3, -0.25) is 0 Å². The standard InChI is InChI=1S/C9H11F3N2/c1-5-2-6(8(13)14)4-7(3-5)9(10,11)12/h2-4,8H,13-14H2,1H3. The molecule has 0 unspecified atom stereocenters. The van der Waals surface area contributed by atoms with Crippen LogP contribution in [0.5, 0.6) is 0 Å². The highest BCUT2D eigenvalue weighted by Crippen LogP contribution is 2.31. The summed E-state index contributed by atoms with van der Waals surface area (Å²) < 4.78 is 37.0. The second-order valence-corrected chi connectivity index (χ2v) is 3.16. The molecule has 0 saturated heterocycles. The largest absolute Gasteiger partial charge is 0.416 e. The summed E-state index contributed by atoms with van der Waals surface area (Å²) in [5, 5.41) is 0. The maximum absolute atomic E-state index is 12.3. The first kappa shape index (κ1) is 11.0. The molecule has 78 valence electrons. The van der Waals surface area contributed by atoms with Crippen molar-refractivity contribution < 1.29 is 13.2 Å². The maximum atomic E-state index is 12.3. The summed E-state index contributed by atoms with van der Waals surface area (Å²) >= 11 is 0. The fraction of sp³-hybridized carbons (Fsp3) is 0.333. The number of nitrogens with two attached hydrogens (primary N) is 2. The van der Waals surface area contributed by atoms with Crippen molar-refractivity contribution >= 4 is 0 Å². The molecule has 1 aromatic rings. The number of hydrogen-bond acceptors (Lipinski definition) is 2. The Hall–Kier alpha value is -1.07. The van der Waals surface area contributed by atoms with E-state index >= 15 is 0 Å². The summed E-state index contributed by atoms with van der Waals surface area (Å²) in [7, 11) is 0. The van der Waals surface area contributed by atoms with Crippen molar-refractivity contribution in [3.63, 3.8) is 0 Å². The predicted molar refractivity (Wildman–Crippen MR) is 47.3 cm³/mol. The average Bonchev–Trinajstić information content (AvgIpc) is 2.01. The molecule has 2 nitrogen and oxygen atoms in total. The number of halogens is 3. The Kier molecular flexibility index (Phi) is 2.82. The molecule has 4 N–H and O–H groups in total. The molecule has 1 aromatic carbocycles. The highest BCUT2D eigenvalue weighted by atomic mass is 19.4. The zero-order chi connectivity index (χ0) is 10.9. The molecule has 0 saturated carbocycles. The Morgan fingerprint density at radius 1 is 1.14 bits per heavy atom. The van der Waals surface area contributed by atoms with Gasteiger partial charge in [-0.15, -0.1) is 0 Å². The lowest BCUT2D eigenvalue weighted by Crippen LogP contribution is -2.21. The lowest BCUT2D eigenvalue weighted by atomic mass is 10.0. The molecule has 0 amide bonds. The van der Waals surface area contributed by atoms with Crippen molar-refractivity contribution in [3.05, 3.63) is 34.9 Å². The Morgan fingerprint density at radius 2 is 1.71 bits per heavy atom. The second kappa shape index (κ2) is 3.59. The van der Waals surface area contributed by atoms with E-state index in [0.717, 1.165) is 12.1 Å². The Morgan fingerprint density at radius 3 is 2.14 bits per heavy atom. The van der Waals surface area contributed by atoms with Gasteiger partial charge in [0.05, 0.1) is 11.7 Å². The first-order valence-electron chi connectivity index (χ1n) is 4.00. The van der Waals surface area contributed by atoms with Crippen molar-refractivity contribution in [1.82, 2.24) is 0 Å². The van der Waals surface area contributed by atoms with E-state index < -0.39 is 17.9 Å². The normalized spacial score (nSPS) is 12.2. The Labute approximate surface area is 79.7 Å². The van der Waals surface area contributed by atoms with Gasteiger partial charge in [0.1, 0.15) is 0 Å². The Balaban J connectivity index is 3.21. The fourth-order valence-electron chi connectivity index (χ4n) is 1.17. The molecule has 1 rings (SSSR count). The summed E-state index contributed by atoms with van der Waals surface area (Å²) in [6.07, 6.45) is -5.23. The topological polar surface area (TPSA) is 52.0 Å². The van der Waals surface area contributed by atoms with Crippen LogP contribution in [-0.4, -0.2) is 0 Å². The van der Waals surface area contributed by atoms with Gasteiger partial charge >= 0.3 is 6.18 Å². The van der Waals surface area contributed by atoms with Crippen LogP contribution in [0.25, 0.3) is 0 Å². The zero-order valence-electron chi connectivity index (χ0n) is 7.60. The monoisotopic (exact) mass is 204 g/mol. The SMILES string of the molecule is Cc1cc(C(N)N)cc(C(F)(F)F)c1. The summed E-state index contributed by atoms with van der Waals surface area (Å²) in [6, 6.07) is 3.57. The molecular weight excluding hydrogens is 193 g/mol. The third-order valence-corrected chi connectivity index (χ3v) is 1.81. The van der Waals surface area contributed by atoms with Gasteiger partial charge in [-0.05, 0) is 24.6 Å². The first-order chi connectivity index (χ1) is 6.30. The van der Waals surface area contributed by atoms with Crippen LogP contribution in [0.2, 0.25) is 0 Å². The number of aryl methyl sites for hydroxylation is 1. The van der Waals surface area contributed by atoms with Crippen LogP contribution in [0.1, 0.15) is 22.9 Å². The van der Waals surface area contributed by atoms with Gasteiger partial charge in [-0.25, -0.2) is 0 Å². The summed E-state index contributed by atoms with van der Waals surface area (Å²) in [5.41, 5.74) is 10.7. The molecule has 0 atom stereocenters. The zero-order valence-corrected chi connectivity index (χ0v) is 7.60. The molecule has 0 fully saturated rings. The van der Waals surface area contributed by atoms with E-state index in [1.54, 1.807) is 13.0 Å². The smallest absolute Gasteiger partial charge is 0.312 e. The lowest BCUT2D eigenvalue weighted by molar-refractivity contribution is -0.137. The number of alkyl halides is 3. The van der Waals surface area contributed by atoms with Crippen molar-refractivity contribution in [2.24, 2.45) is 11.5 Å². The molecule has 0 aliphatic rings. The fourth-order valence-corrected chi connectivity index (χ4v) is 1.17. The van der Waals surface area contributed by atoms with Crippen LogP contribution in [0, 0.1) is 6.92 Å². The molecule has 0 heterocycles. The van der Waals surface area contributed by atoms with Gasteiger partial charge in [-0.1, -0.05) is 11.6 Å². The van der Waals surface area contributed by atoms with Crippen LogP contribution in [-0.2, 0) is 6.18 Å². The highest BCUT2D eigenvalue weighted by Gasteiger charge is 2.31. The molecule has 0 aliphatic heterocycles. The van der Waals surface area contributed by atoms with Crippen LogP contribution >= 0.6 is 0 Å². The molecular formula is C9H11F3N2. The summed E-state index contributed by atoms with van der Waals surface area (Å²) in [5.74, 6) is 0. The van der Waals surface area contributed by atoms with E-state index in [4.69, 9.17) is 11.5 Å².